The average molecular weight is 374 g/mol. The third-order valence-electron chi connectivity index (χ3n) is 3.24. The van der Waals surface area contributed by atoms with Crippen molar-refractivity contribution in [3.63, 3.8) is 0 Å². The number of allylic oxidation sites excluding steroid dienone is 1. The molecule has 4 nitrogen and oxygen atoms in total. The quantitative estimate of drug-likeness (QED) is 0.461. The number of fused-ring (bicyclic) bond motifs is 1. The fourth-order valence-corrected chi connectivity index (χ4v) is 2.75. The fourth-order valence-electron chi connectivity index (χ4n) is 2.18. The molecule has 1 heterocycles. The number of carbonyl (C=O) groups excluding carboxylic acids is 1. The Labute approximate surface area is 139 Å². The summed E-state index contributed by atoms with van der Waals surface area (Å²) in [4.78, 5) is 12.3. The number of carbonyl (C=O) groups is 1. The van der Waals surface area contributed by atoms with E-state index < -0.39 is 11.6 Å². The van der Waals surface area contributed by atoms with E-state index in [1.807, 2.05) is 6.07 Å². The van der Waals surface area contributed by atoms with E-state index in [0.29, 0.717) is 21.5 Å². The molecule has 0 aromatic heterocycles. The topological polar surface area (TPSA) is 59.3 Å². The van der Waals surface area contributed by atoms with Gasteiger partial charge in [0.15, 0.2) is 11.5 Å². The minimum atomic E-state index is -0.667. The van der Waals surface area contributed by atoms with Crippen LogP contribution in [0.15, 0.2) is 46.4 Å². The number of hydrogen-bond acceptors (Lipinski definition) is 4. The van der Waals surface area contributed by atoms with Crippen LogP contribution in [0.25, 0.3) is 6.08 Å². The molecule has 0 atom stereocenters. The van der Waals surface area contributed by atoms with Gasteiger partial charge in [-0.2, -0.15) is 5.26 Å². The highest BCUT2D eigenvalue weighted by atomic mass is 79.9. The molecular weight excluding hydrogens is 365 g/mol. The van der Waals surface area contributed by atoms with E-state index in [2.05, 4.69) is 15.9 Å². The zero-order chi connectivity index (χ0) is 16.4. The van der Waals surface area contributed by atoms with E-state index in [1.54, 1.807) is 18.2 Å². The summed E-state index contributed by atoms with van der Waals surface area (Å²) in [6.07, 6.45) is 1.39. The van der Waals surface area contributed by atoms with Gasteiger partial charge in [0.2, 0.25) is 12.6 Å². The highest BCUT2D eigenvalue weighted by Crippen LogP contribution is 2.40. The summed E-state index contributed by atoms with van der Waals surface area (Å²) in [6.45, 7) is 0.111. The Hall–Kier alpha value is -2.65. The van der Waals surface area contributed by atoms with Crippen LogP contribution < -0.4 is 9.47 Å². The van der Waals surface area contributed by atoms with Crippen LogP contribution in [0.3, 0.4) is 0 Å². The van der Waals surface area contributed by atoms with Gasteiger partial charge in [-0.1, -0.05) is 12.1 Å². The number of benzene rings is 2. The lowest BCUT2D eigenvalue weighted by Crippen LogP contribution is -2.04. The van der Waals surface area contributed by atoms with Crippen LogP contribution in [0, 0.1) is 17.1 Å². The molecule has 0 spiro atoms. The summed E-state index contributed by atoms with van der Waals surface area (Å²) in [6, 6.07) is 10.7. The molecule has 1 aliphatic heterocycles. The number of nitrogens with zero attached hydrogens (tertiary/aromatic N) is 1. The zero-order valence-electron chi connectivity index (χ0n) is 11.7. The van der Waals surface area contributed by atoms with Crippen molar-refractivity contribution in [3.05, 3.63) is 63.4 Å². The Bertz CT molecular complexity index is 871. The molecule has 0 amide bonds. The van der Waals surface area contributed by atoms with Crippen molar-refractivity contribution in [2.24, 2.45) is 0 Å². The van der Waals surface area contributed by atoms with Crippen molar-refractivity contribution >= 4 is 27.8 Å². The molecule has 6 heteroatoms. The van der Waals surface area contributed by atoms with Crippen molar-refractivity contribution in [2.45, 2.75) is 0 Å². The summed E-state index contributed by atoms with van der Waals surface area (Å²) in [7, 11) is 0. The molecule has 0 N–H and O–H groups in total. The largest absolute Gasteiger partial charge is 0.454 e. The van der Waals surface area contributed by atoms with Crippen molar-refractivity contribution in [2.75, 3.05) is 6.79 Å². The van der Waals surface area contributed by atoms with Gasteiger partial charge >= 0.3 is 0 Å². The predicted octanol–water partition coefficient (Wildman–Crippen LogP) is 4.11. The Morgan fingerprint density at radius 1 is 1.30 bits per heavy atom. The first-order valence-electron chi connectivity index (χ1n) is 6.60. The smallest absolute Gasteiger partial charge is 0.231 e. The van der Waals surface area contributed by atoms with Crippen LogP contribution in [0.4, 0.5) is 4.39 Å². The molecule has 0 saturated heterocycles. The molecule has 0 unspecified atom stereocenters. The summed E-state index contributed by atoms with van der Waals surface area (Å²) < 4.78 is 24.9. The summed E-state index contributed by atoms with van der Waals surface area (Å²) in [5, 5.41) is 9.24. The third-order valence-corrected chi connectivity index (χ3v) is 3.83. The second-order valence-electron chi connectivity index (χ2n) is 4.72. The number of nitriles is 1. The summed E-state index contributed by atoms with van der Waals surface area (Å²) in [5.41, 5.74) is 0.267. The second kappa shape index (κ2) is 6.23. The van der Waals surface area contributed by atoms with Crippen molar-refractivity contribution in [1.82, 2.24) is 0 Å². The Balaban J connectivity index is 2.00. The maximum Gasteiger partial charge on any atom is 0.231 e. The van der Waals surface area contributed by atoms with Crippen LogP contribution in [0.5, 0.6) is 11.5 Å². The zero-order valence-corrected chi connectivity index (χ0v) is 13.3. The standard InChI is InChI=1S/C17H9BrFNO3/c18-13-6-10(7-15-17(13)23-9-22-15)5-11(8-20)16(21)12-3-1-2-4-14(12)19/h1-7H,9H2/b11-5+. The van der Waals surface area contributed by atoms with E-state index in [-0.39, 0.29) is 17.9 Å². The lowest BCUT2D eigenvalue weighted by Gasteiger charge is -2.04. The van der Waals surface area contributed by atoms with Gasteiger partial charge < -0.3 is 9.47 Å². The minimum absolute atomic E-state index is 0.111. The maximum atomic E-state index is 13.7. The monoisotopic (exact) mass is 373 g/mol. The Morgan fingerprint density at radius 2 is 2.09 bits per heavy atom. The molecule has 0 bridgehead atoms. The van der Waals surface area contributed by atoms with E-state index in [4.69, 9.17) is 9.47 Å². The normalized spacial score (nSPS) is 12.8. The number of Topliss-reactive ketones (excluding diaryl/α,β-unsaturated/α-hetero) is 1. The maximum absolute atomic E-state index is 13.7. The van der Waals surface area contributed by atoms with Crippen molar-refractivity contribution in [1.29, 1.82) is 5.26 Å². The van der Waals surface area contributed by atoms with Crippen molar-refractivity contribution in [3.8, 4) is 17.6 Å². The molecule has 3 rings (SSSR count). The number of ketones is 1. The van der Waals surface area contributed by atoms with Gasteiger partial charge in [0.1, 0.15) is 17.5 Å². The first kappa shape index (κ1) is 15.3. The first-order chi connectivity index (χ1) is 11.1. The van der Waals surface area contributed by atoms with Gasteiger partial charge in [0.05, 0.1) is 10.0 Å². The van der Waals surface area contributed by atoms with Crippen LogP contribution in [-0.4, -0.2) is 12.6 Å². The van der Waals surface area contributed by atoms with Crippen LogP contribution in [0.1, 0.15) is 15.9 Å². The molecule has 23 heavy (non-hydrogen) atoms. The molecule has 1 aliphatic rings. The molecule has 0 saturated carbocycles. The Morgan fingerprint density at radius 3 is 2.83 bits per heavy atom. The molecule has 0 fully saturated rings. The van der Waals surface area contributed by atoms with E-state index in [9.17, 15) is 14.4 Å². The summed E-state index contributed by atoms with van der Waals surface area (Å²) >= 11 is 3.34. The lowest BCUT2D eigenvalue weighted by atomic mass is 10.0. The van der Waals surface area contributed by atoms with Gasteiger partial charge in [0, 0.05) is 0 Å². The van der Waals surface area contributed by atoms with E-state index >= 15 is 0 Å². The highest BCUT2D eigenvalue weighted by Gasteiger charge is 2.19. The highest BCUT2D eigenvalue weighted by molar-refractivity contribution is 9.10. The van der Waals surface area contributed by atoms with Gasteiger partial charge in [-0.05, 0) is 51.8 Å². The molecule has 2 aromatic carbocycles. The lowest BCUT2D eigenvalue weighted by molar-refractivity contribution is 0.103. The van der Waals surface area contributed by atoms with Gasteiger partial charge in [-0.25, -0.2) is 4.39 Å². The SMILES string of the molecule is N#C/C(=C\c1cc(Br)c2c(c1)OCO2)C(=O)c1ccccc1F. The molecular formula is C17H9BrFNO3. The Kier molecular flexibility index (Phi) is 4.13. The van der Waals surface area contributed by atoms with Crippen LogP contribution in [0.2, 0.25) is 0 Å². The second-order valence-corrected chi connectivity index (χ2v) is 5.57. The predicted molar refractivity (Wildman–Crippen MR) is 84.6 cm³/mol. The number of ether oxygens (including phenoxy) is 2. The fraction of sp³-hybridized carbons (Fsp3) is 0.0588. The molecule has 0 radical (unpaired) electrons. The van der Waals surface area contributed by atoms with Crippen LogP contribution >= 0.6 is 15.9 Å². The van der Waals surface area contributed by atoms with Crippen molar-refractivity contribution < 1.29 is 18.7 Å². The third kappa shape index (κ3) is 2.96. The molecule has 0 aliphatic carbocycles. The van der Waals surface area contributed by atoms with E-state index in [1.165, 1.54) is 24.3 Å². The number of hydrogen-bond donors (Lipinski definition) is 0. The van der Waals surface area contributed by atoms with Gasteiger partial charge in [0.25, 0.3) is 0 Å². The number of halogens is 2. The van der Waals surface area contributed by atoms with Gasteiger partial charge in [-0.15, -0.1) is 0 Å². The minimum Gasteiger partial charge on any atom is -0.454 e. The number of rotatable bonds is 3. The van der Waals surface area contributed by atoms with Gasteiger partial charge in [-0.3, -0.25) is 4.79 Å². The molecule has 2 aromatic rings. The summed E-state index contributed by atoms with van der Waals surface area (Å²) in [5.74, 6) is -0.243. The van der Waals surface area contributed by atoms with E-state index in [0.717, 1.165) is 0 Å². The first-order valence-corrected chi connectivity index (χ1v) is 7.39. The molecule has 114 valence electrons. The van der Waals surface area contributed by atoms with Crippen LogP contribution in [-0.2, 0) is 0 Å². The average Bonchev–Trinajstić information content (AvgIpc) is 3.01.